The maximum Gasteiger partial charge on any atom is 0.309 e. The molecule has 0 aliphatic rings. The third-order valence-corrected chi connectivity index (χ3v) is 2.21. The Labute approximate surface area is 95.6 Å². The molecule has 0 fully saturated rings. The van der Waals surface area contributed by atoms with E-state index in [-0.39, 0.29) is 12.9 Å². The van der Waals surface area contributed by atoms with Gasteiger partial charge in [0.1, 0.15) is 11.9 Å². The van der Waals surface area contributed by atoms with E-state index in [9.17, 15) is 9.59 Å². The number of nitrogens with zero attached hydrogens (tertiary/aromatic N) is 3. The van der Waals surface area contributed by atoms with Gasteiger partial charge in [0.15, 0.2) is 0 Å². The predicted molar refractivity (Wildman–Crippen MR) is 56.0 cm³/mol. The van der Waals surface area contributed by atoms with Crippen LogP contribution in [0.4, 0.5) is 0 Å². The fourth-order valence-corrected chi connectivity index (χ4v) is 1.51. The smallest absolute Gasteiger partial charge is 0.309 e. The molecule has 0 aliphatic heterocycles. The van der Waals surface area contributed by atoms with E-state index >= 15 is 0 Å². The molecule has 2 rings (SSSR count). The van der Waals surface area contributed by atoms with Gasteiger partial charge >= 0.3 is 5.97 Å². The number of carboxylic acid groups (broad SMARTS) is 1. The van der Waals surface area contributed by atoms with Crippen LogP contribution < -0.4 is 0 Å². The van der Waals surface area contributed by atoms with Crippen LogP contribution in [-0.2, 0) is 14.3 Å². The minimum atomic E-state index is -1.09. The quantitative estimate of drug-likeness (QED) is 0.761. The molecule has 1 aromatic carbocycles. The highest BCUT2D eigenvalue weighted by atomic mass is 16.5. The van der Waals surface area contributed by atoms with Crippen molar-refractivity contribution in [3.8, 4) is 0 Å². The van der Waals surface area contributed by atoms with Crippen molar-refractivity contribution in [3.63, 3.8) is 0 Å². The number of ether oxygens (including phenoxy) is 1. The summed E-state index contributed by atoms with van der Waals surface area (Å²) in [5.41, 5.74) is 1.22. The van der Waals surface area contributed by atoms with Crippen molar-refractivity contribution >= 4 is 23.5 Å². The average molecular weight is 235 g/mol. The third-order valence-electron chi connectivity index (χ3n) is 2.21. The van der Waals surface area contributed by atoms with Crippen LogP contribution in [0.3, 0.4) is 0 Å². The van der Waals surface area contributed by atoms with Crippen LogP contribution in [0.2, 0.25) is 0 Å². The average Bonchev–Trinajstić information content (AvgIpc) is 2.71. The van der Waals surface area contributed by atoms with Crippen LogP contribution >= 0.6 is 0 Å². The molecule has 7 nitrogen and oxygen atoms in total. The van der Waals surface area contributed by atoms with Crippen molar-refractivity contribution in [2.24, 2.45) is 0 Å². The molecule has 0 spiro atoms. The van der Waals surface area contributed by atoms with Crippen molar-refractivity contribution in [2.75, 3.05) is 0 Å². The largest absolute Gasteiger partial charge is 0.481 e. The molecule has 17 heavy (non-hydrogen) atoms. The molecule has 0 saturated heterocycles. The number of carbonyl (C=O) groups excluding carboxylic acids is 1. The monoisotopic (exact) mass is 235 g/mol. The molecule has 1 N–H and O–H groups in total. The number of carboxylic acids is 1. The van der Waals surface area contributed by atoms with E-state index in [0.29, 0.717) is 11.0 Å². The van der Waals surface area contributed by atoms with E-state index in [0.717, 1.165) is 0 Å². The number of hydrogen-bond donors (Lipinski definition) is 1. The van der Waals surface area contributed by atoms with Crippen molar-refractivity contribution in [3.05, 3.63) is 24.3 Å². The predicted octanol–water partition coefficient (Wildman–Crippen LogP) is 0.578. The molecule has 0 aliphatic carbocycles. The lowest BCUT2D eigenvalue weighted by Gasteiger charge is -2.13. The number of benzene rings is 1. The van der Waals surface area contributed by atoms with Crippen molar-refractivity contribution in [1.82, 2.24) is 15.0 Å². The Kier molecular flexibility index (Phi) is 2.99. The molecular formula is C10H9N3O4. The lowest BCUT2D eigenvalue weighted by Crippen LogP contribution is -2.17. The summed E-state index contributed by atoms with van der Waals surface area (Å²) in [7, 11) is 0. The van der Waals surface area contributed by atoms with Gasteiger partial charge in [-0.05, 0) is 12.1 Å². The maximum atomic E-state index is 10.7. The zero-order valence-corrected chi connectivity index (χ0v) is 8.68. The summed E-state index contributed by atoms with van der Waals surface area (Å²) in [4.78, 5) is 21.0. The topological polar surface area (TPSA) is 94.3 Å². The highest BCUT2D eigenvalue weighted by Gasteiger charge is 2.19. The fourth-order valence-electron chi connectivity index (χ4n) is 1.51. The number of fused-ring (bicyclic) bond motifs is 1. The first-order chi connectivity index (χ1) is 8.22. The number of aromatic nitrogens is 3. The first-order valence-electron chi connectivity index (χ1n) is 4.83. The fraction of sp³-hybridized carbons (Fsp3) is 0.200. The Hall–Kier alpha value is -2.44. The summed E-state index contributed by atoms with van der Waals surface area (Å²) < 4.78 is 5.98. The Balaban J connectivity index is 2.40. The zero-order chi connectivity index (χ0) is 12.3. The van der Waals surface area contributed by atoms with Crippen LogP contribution in [0.1, 0.15) is 12.6 Å². The second-order valence-corrected chi connectivity index (χ2v) is 3.31. The van der Waals surface area contributed by atoms with Crippen molar-refractivity contribution in [1.29, 1.82) is 0 Å². The highest BCUT2D eigenvalue weighted by molar-refractivity contribution is 5.74. The molecule has 1 unspecified atom stereocenters. The molecular weight excluding hydrogens is 226 g/mol. The molecule has 1 heterocycles. The van der Waals surface area contributed by atoms with E-state index in [1.807, 2.05) is 0 Å². The normalized spacial score (nSPS) is 12.2. The molecule has 1 atom stereocenters. The molecule has 2 aromatic rings. The van der Waals surface area contributed by atoms with E-state index in [1.165, 1.54) is 4.68 Å². The second kappa shape index (κ2) is 4.60. The summed E-state index contributed by atoms with van der Waals surface area (Å²) in [5.74, 6) is -1.09. The zero-order valence-electron chi connectivity index (χ0n) is 8.68. The molecule has 7 heteroatoms. The van der Waals surface area contributed by atoms with Crippen LogP contribution in [-0.4, -0.2) is 32.5 Å². The highest BCUT2D eigenvalue weighted by Crippen LogP contribution is 2.18. The molecule has 88 valence electrons. The Bertz CT molecular complexity index is 551. The number of para-hydroxylation sites is 1. The minimum Gasteiger partial charge on any atom is -0.481 e. The third kappa shape index (κ3) is 2.22. The van der Waals surface area contributed by atoms with Gasteiger partial charge in [-0.3, -0.25) is 9.59 Å². The van der Waals surface area contributed by atoms with E-state index in [2.05, 4.69) is 10.3 Å². The van der Waals surface area contributed by atoms with Crippen LogP contribution in [0.5, 0.6) is 0 Å². The van der Waals surface area contributed by atoms with Crippen molar-refractivity contribution in [2.45, 2.75) is 12.6 Å². The number of aliphatic carboxylic acids is 1. The van der Waals surface area contributed by atoms with Gasteiger partial charge in [0.25, 0.3) is 6.47 Å². The molecule has 0 saturated carbocycles. The summed E-state index contributed by atoms with van der Waals surface area (Å²) >= 11 is 0. The number of rotatable bonds is 5. The molecule has 0 amide bonds. The molecule has 0 bridgehead atoms. The van der Waals surface area contributed by atoms with Gasteiger partial charge in [0.2, 0.25) is 6.23 Å². The SMILES string of the molecule is O=COC(CC(=O)O)n1nnc2ccccc21. The Morgan fingerprint density at radius 1 is 1.53 bits per heavy atom. The van der Waals surface area contributed by atoms with Gasteiger partial charge in [0, 0.05) is 0 Å². The van der Waals surface area contributed by atoms with E-state index in [1.54, 1.807) is 24.3 Å². The second-order valence-electron chi connectivity index (χ2n) is 3.31. The lowest BCUT2D eigenvalue weighted by atomic mass is 10.3. The summed E-state index contributed by atoms with van der Waals surface area (Å²) in [6.45, 7) is 0.198. The van der Waals surface area contributed by atoms with Gasteiger partial charge in [-0.15, -0.1) is 5.10 Å². The lowest BCUT2D eigenvalue weighted by molar-refractivity contribution is -0.148. The van der Waals surface area contributed by atoms with E-state index in [4.69, 9.17) is 9.84 Å². The standard InChI is InChI=1S/C10H9N3O4/c14-6-17-9(5-10(15)16)13-8-4-2-1-3-7(8)11-12-13/h1-4,6,9H,5H2,(H,15,16). The van der Waals surface area contributed by atoms with Gasteiger partial charge in [-0.2, -0.15) is 0 Å². The maximum absolute atomic E-state index is 10.7. The first-order valence-corrected chi connectivity index (χ1v) is 4.83. The van der Waals surface area contributed by atoms with Gasteiger partial charge in [-0.25, -0.2) is 4.68 Å². The summed E-state index contributed by atoms with van der Waals surface area (Å²) in [6, 6.07) is 7.00. The number of hydrogen-bond acceptors (Lipinski definition) is 5. The van der Waals surface area contributed by atoms with Gasteiger partial charge < -0.3 is 9.84 Å². The molecule has 1 aromatic heterocycles. The van der Waals surface area contributed by atoms with Gasteiger partial charge in [0.05, 0.1) is 5.52 Å². The van der Waals surface area contributed by atoms with Crippen LogP contribution in [0, 0.1) is 0 Å². The number of carbonyl (C=O) groups is 2. The summed E-state index contributed by atoms with van der Waals surface area (Å²) in [5, 5.41) is 16.4. The van der Waals surface area contributed by atoms with Gasteiger partial charge in [-0.1, -0.05) is 17.3 Å². The Morgan fingerprint density at radius 3 is 3.00 bits per heavy atom. The van der Waals surface area contributed by atoms with Crippen molar-refractivity contribution < 1.29 is 19.4 Å². The minimum absolute atomic E-state index is 0.198. The van der Waals surface area contributed by atoms with E-state index < -0.39 is 12.2 Å². The van der Waals surface area contributed by atoms with Crippen LogP contribution in [0.25, 0.3) is 11.0 Å². The first kappa shape index (κ1) is 11.1. The van der Waals surface area contributed by atoms with Crippen LogP contribution in [0.15, 0.2) is 24.3 Å². The summed E-state index contributed by atoms with van der Waals surface area (Å²) in [6.07, 6.45) is -1.36. The molecule has 0 radical (unpaired) electrons. The Morgan fingerprint density at radius 2 is 2.29 bits per heavy atom.